The third-order valence-electron chi connectivity index (χ3n) is 4.16. The number of halogens is 2. The van der Waals surface area contributed by atoms with Crippen molar-refractivity contribution in [2.24, 2.45) is 0 Å². The Bertz CT molecular complexity index is 1200. The summed E-state index contributed by atoms with van der Waals surface area (Å²) in [4.78, 5) is 16.1. The van der Waals surface area contributed by atoms with Gasteiger partial charge in [0.2, 0.25) is 5.28 Å². The van der Waals surface area contributed by atoms with E-state index < -0.39 is 5.82 Å². The molecule has 0 aliphatic carbocycles. The van der Waals surface area contributed by atoms with E-state index in [1.54, 1.807) is 30.3 Å². The maximum Gasteiger partial charge on any atom is 0.226 e. The lowest BCUT2D eigenvalue weighted by Crippen LogP contribution is -1.99. The maximum absolute atomic E-state index is 14.6. The lowest BCUT2D eigenvalue weighted by Gasteiger charge is -2.08. The quantitative estimate of drug-likeness (QED) is 0.393. The zero-order valence-electron chi connectivity index (χ0n) is 14.5. The van der Waals surface area contributed by atoms with Crippen molar-refractivity contribution in [3.8, 4) is 33.9 Å². The minimum atomic E-state index is -0.466. The molecule has 1 heterocycles. The molecule has 0 unspecified atom stereocenters. The van der Waals surface area contributed by atoms with Crippen LogP contribution in [-0.4, -0.2) is 15.0 Å². The fourth-order valence-electron chi connectivity index (χ4n) is 2.82. The van der Waals surface area contributed by atoms with Crippen molar-refractivity contribution in [1.82, 2.24) is 15.0 Å². The van der Waals surface area contributed by atoms with Gasteiger partial charge in [0.25, 0.3) is 0 Å². The van der Waals surface area contributed by atoms with Crippen molar-refractivity contribution in [2.45, 2.75) is 0 Å². The Balaban J connectivity index is 1.83. The molecule has 0 aliphatic heterocycles. The van der Waals surface area contributed by atoms with Gasteiger partial charge in [-0.15, -0.1) is 0 Å². The topological polar surface area (TPSA) is 43.0 Å². The van der Waals surface area contributed by atoms with Crippen molar-refractivity contribution in [1.29, 1.82) is 0 Å². The molecule has 6 heteroatoms. The summed E-state index contributed by atoms with van der Waals surface area (Å²) < 4.78 is 14.6. The fraction of sp³-hybridized carbons (Fsp3) is 0. The summed E-state index contributed by atoms with van der Waals surface area (Å²) in [6, 6.07) is 21.1. The number of benzene rings is 3. The van der Waals surface area contributed by atoms with Gasteiger partial charge in [0.1, 0.15) is 5.82 Å². The van der Waals surface area contributed by atoms with Crippen LogP contribution in [0.4, 0.5) is 10.1 Å². The summed E-state index contributed by atoms with van der Waals surface area (Å²) in [6.45, 7) is 7.17. The summed E-state index contributed by atoms with van der Waals surface area (Å²) >= 11 is 6.08. The molecule has 0 amide bonds. The van der Waals surface area contributed by atoms with E-state index in [0.717, 1.165) is 16.7 Å². The van der Waals surface area contributed by atoms with Crippen LogP contribution in [0.1, 0.15) is 0 Å². The van der Waals surface area contributed by atoms with E-state index in [9.17, 15) is 4.39 Å². The third kappa shape index (κ3) is 3.59. The van der Waals surface area contributed by atoms with E-state index in [2.05, 4.69) is 19.8 Å². The molecule has 0 fully saturated rings. The van der Waals surface area contributed by atoms with Crippen LogP contribution in [0, 0.1) is 12.4 Å². The molecule has 0 atom stereocenters. The van der Waals surface area contributed by atoms with Gasteiger partial charge in [0.15, 0.2) is 17.3 Å². The average molecular weight is 387 g/mol. The fourth-order valence-corrected chi connectivity index (χ4v) is 2.98. The van der Waals surface area contributed by atoms with Gasteiger partial charge < -0.3 is 0 Å². The minimum absolute atomic E-state index is 0.0105. The molecule has 134 valence electrons. The van der Waals surface area contributed by atoms with Crippen LogP contribution < -0.4 is 0 Å². The molecule has 0 saturated carbocycles. The normalized spacial score (nSPS) is 10.5. The second kappa shape index (κ2) is 7.55. The van der Waals surface area contributed by atoms with Gasteiger partial charge in [-0.05, 0) is 40.9 Å². The molecule has 0 saturated heterocycles. The molecule has 28 heavy (non-hydrogen) atoms. The largest absolute Gasteiger partial charge is 0.238 e. The minimum Gasteiger partial charge on any atom is -0.238 e. The number of nitrogens with zero attached hydrogens (tertiary/aromatic N) is 4. The first kappa shape index (κ1) is 17.8. The Labute approximate surface area is 166 Å². The van der Waals surface area contributed by atoms with Gasteiger partial charge in [0, 0.05) is 5.56 Å². The Morgan fingerprint density at radius 3 is 2.25 bits per heavy atom. The number of hydrogen-bond donors (Lipinski definition) is 0. The molecular weight excluding hydrogens is 375 g/mol. The summed E-state index contributed by atoms with van der Waals surface area (Å²) in [5, 5.41) is -0.0105. The molecule has 0 spiro atoms. The van der Waals surface area contributed by atoms with Gasteiger partial charge in [-0.1, -0.05) is 54.6 Å². The zero-order chi connectivity index (χ0) is 19.5. The summed E-state index contributed by atoms with van der Waals surface area (Å²) in [5.74, 6) is 0.0568. The van der Waals surface area contributed by atoms with E-state index >= 15 is 0 Å². The third-order valence-corrected chi connectivity index (χ3v) is 4.32. The number of rotatable bonds is 3. The number of hydrogen-bond acceptors (Lipinski definition) is 3. The Hall–Kier alpha value is -3.62. The van der Waals surface area contributed by atoms with E-state index in [0.29, 0.717) is 11.5 Å². The highest BCUT2D eigenvalue weighted by Gasteiger charge is 2.14. The highest BCUT2D eigenvalue weighted by Crippen LogP contribution is 2.30. The van der Waals surface area contributed by atoms with Crippen LogP contribution in [-0.2, 0) is 0 Å². The summed E-state index contributed by atoms with van der Waals surface area (Å²) in [7, 11) is 0. The molecule has 4 rings (SSSR count). The molecular formula is C22H12ClFN4. The Morgan fingerprint density at radius 2 is 1.46 bits per heavy atom. The average Bonchev–Trinajstić information content (AvgIpc) is 2.74. The lowest BCUT2D eigenvalue weighted by molar-refractivity contribution is 0.630. The van der Waals surface area contributed by atoms with Crippen LogP contribution in [0.25, 0.3) is 38.7 Å². The predicted molar refractivity (Wildman–Crippen MR) is 107 cm³/mol. The molecule has 1 aromatic heterocycles. The summed E-state index contributed by atoms with van der Waals surface area (Å²) in [5.41, 5.74) is 3.04. The van der Waals surface area contributed by atoms with Gasteiger partial charge in [-0.3, -0.25) is 0 Å². The maximum atomic E-state index is 14.6. The van der Waals surface area contributed by atoms with E-state index in [1.807, 2.05) is 36.4 Å². The van der Waals surface area contributed by atoms with Crippen molar-refractivity contribution in [3.05, 3.63) is 95.3 Å². The molecule has 0 aliphatic rings. The molecule has 3 aromatic carbocycles. The first-order valence-corrected chi connectivity index (χ1v) is 8.76. The van der Waals surface area contributed by atoms with Gasteiger partial charge >= 0.3 is 0 Å². The van der Waals surface area contributed by atoms with E-state index in [-0.39, 0.29) is 16.7 Å². The molecule has 0 radical (unpaired) electrons. The van der Waals surface area contributed by atoms with Gasteiger partial charge in [-0.25, -0.2) is 14.2 Å². The SMILES string of the molecule is [C-]#[N+]c1cccc(-c2ccc(F)c(-c3nc(Cl)nc(-c4ccccc4)n3)c2)c1. The standard InChI is InChI=1S/C22H12ClFN4/c1-25-17-9-5-8-15(12-17)16-10-11-19(24)18(13-16)21-26-20(27-22(23)28-21)14-6-3-2-4-7-14/h2-13H. The van der Waals surface area contributed by atoms with Crippen LogP contribution in [0.2, 0.25) is 5.28 Å². The lowest BCUT2D eigenvalue weighted by atomic mass is 10.0. The Kier molecular flexibility index (Phi) is 4.79. The predicted octanol–water partition coefficient (Wildman–Crippen LogP) is 6.22. The highest BCUT2D eigenvalue weighted by molar-refractivity contribution is 6.28. The first-order valence-electron chi connectivity index (χ1n) is 8.39. The zero-order valence-corrected chi connectivity index (χ0v) is 15.2. The van der Waals surface area contributed by atoms with E-state index in [1.165, 1.54) is 6.07 Å². The van der Waals surface area contributed by atoms with Crippen LogP contribution in [0.15, 0.2) is 72.8 Å². The van der Waals surface area contributed by atoms with Gasteiger partial charge in [-0.2, -0.15) is 9.97 Å². The van der Waals surface area contributed by atoms with Crippen molar-refractivity contribution < 1.29 is 4.39 Å². The van der Waals surface area contributed by atoms with Crippen LogP contribution in [0.5, 0.6) is 0 Å². The highest BCUT2D eigenvalue weighted by atomic mass is 35.5. The second-order valence-electron chi connectivity index (χ2n) is 5.97. The molecule has 4 aromatic rings. The van der Waals surface area contributed by atoms with Crippen LogP contribution >= 0.6 is 11.6 Å². The number of aromatic nitrogens is 3. The summed E-state index contributed by atoms with van der Waals surface area (Å²) in [6.07, 6.45) is 0. The second-order valence-corrected chi connectivity index (χ2v) is 6.31. The van der Waals surface area contributed by atoms with Crippen molar-refractivity contribution in [2.75, 3.05) is 0 Å². The van der Waals surface area contributed by atoms with Crippen molar-refractivity contribution >= 4 is 17.3 Å². The first-order chi connectivity index (χ1) is 13.6. The Morgan fingerprint density at radius 1 is 0.750 bits per heavy atom. The molecule has 0 bridgehead atoms. The van der Waals surface area contributed by atoms with Crippen LogP contribution in [0.3, 0.4) is 0 Å². The molecule has 0 N–H and O–H groups in total. The smallest absolute Gasteiger partial charge is 0.226 e. The van der Waals surface area contributed by atoms with Gasteiger partial charge in [0.05, 0.1) is 12.1 Å². The molecule has 4 nitrogen and oxygen atoms in total. The van der Waals surface area contributed by atoms with Crippen molar-refractivity contribution in [3.63, 3.8) is 0 Å². The monoisotopic (exact) mass is 386 g/mol. The van der Waals surface area contributed by atoms with E-state index in [4.69, 9.17) is 18.2 Å².